The van der Waals surface area contributed by atoms with Gasteiger partial charge in [0.05, 0.1) is 7.11 Å². The van der Waals surface area contributed by atoms with E-state index in [2.05, 4.69) is 25.2 Å². The highest BCUT2D eigenvalue weighted by Gasteiger charge is 2.16. The summed E-state index contributed by atoms with van der Waals surface area (Å²) in [6, 6.07) is 15.8. The fourth-order valence-corrected chi connectivity index (χ4v) is 2.52. The maximum Gasteiger partial charge on any atom is 0.120 e. The van der Waals surface area contributed by atoms with Crippen LogP contribution in [0.3, 0.4) is 0 Å². The Morgan fingerprint density at radius 3 is 2.57 bits per heavy atom. The van der Waals surface area contributed by atoms with Gasteiger partial charge in [0.25, 0.3) is 0 Å². The molecule has 0 saturated heterocycles. The van der Waals surface area contributed by atoms with Crippen molar-refractivity contribution in [2.24, 2.45) is 0 Å². The predicted octanol–water partition coefficient (Wildman–Crippen LogP) is 4.20. The van der Waals surface area contributed by atoms with Crippen molar-refractivity contribution in [2.45, 2.75) is 32.4 Å². The molecule has 2 atom stereocenters. The van der Waals surface area contributed by atoms with Gasteiger partial charge in [-0.05, 0) is 37.1 Å². The number of para-hydroxylation sites is 1. The average Bonchev–Trinajstić information content (AvgIpc) is 2.53. The van der Waals surface area contributed by atoms with Crippen molar-refractivity contribution in [3.05, 3.63) is 59.7 Å². The highest BCUT2D eigenvalue weighted by Crippen LogP contribution is 2.29. The molecule has 2 aromatic carbocycles. The molecular formula is C18H23NO2. The molecule has 0 saturated carbocycles. The molecule has 0 aliphatic rings. The van der Waals surface area contributed by atoms with Crippen LogP contribution in [0.15, 0.2) is 48.5 Å². The van der Waals surface area contributed by atoms with Crippen molar-refractivity contribution in [1.29, 1.82) is 0 Å². The lowest BCUT2D eigenvalue weighted by Gasteiger charge is -2.24. The first-order chi connectivity index (χ1) is 10.2. The third kappa shape index (κ3) is 3.76. The van der Waals surface area contributed by atoms with Gasteiger partial charge in [-0.2, -0.15) is 0 Å². The maximum absolute atomic E-state index is 10.0. The smallest absolute Gasteiger partial charge is 0.120 e. The summed E-state index contributed by atoms with van der Waals surface area (Å²) in [5.74, 6) is 1.20. The minimum Gasteiger partial charge on any atom is -0.508 e. The lowest BCUT2D eigenvalue weighted by Crippen LogP contribution is -2.24. The van der Waals surface area contributed by atoms with Gasteiger partial charge in [-0.15, -0.1) is 0 Å². The Morgan fingerprint density at radius 2 is 1.90 bits per heavy atom. The lowest BCUT2D eigenvalue weighted by atomic mass is 10.0. The van der Waals surface area contributed by atoms with Crippen LogP contribution in [-0.2, 0) is 0 Å². The van der Waals surface area contributed by atoms with Crippen LogP contribution in [0.5, 0.6) is 11.5 Å². The van der Waals surface area contributed by atoms with Crippen molar-refractivity contribution in [1.82, 2.24) is 5.32 Å². The van der Waals surface area contributed by atoms with Crippen molar-refractivity contribution in [2.75, 3.05) is 7.11 Å². The molecule has 3 nitrogen and oxygen atoms in total. The van der Waals surface area contributed by atoms with Crippen molar-refractivity contribution < 1.29 is 9.84 Å². The topological polar surface area (TPSA) is 41.5 Å². The van der Waals surface area contributed by atoms with Gasteiger partial charge in [0.2, 0.25) is 0 Å². The van der Waals surface area contributed by atoms with Crippen LogP contribution in [0.4, 0.5) is 0 Å². The van der Waals surface area contributed by atoms with Gasteiger partial charge >= 0.3 is 0 Å². The van der Waals surface area contributed by atoms with Crippen molar-refractivity contribution in [3.63, 3.8) is 0 Å². The minimum atomic E-state index is 0.118. The molecule has 0 spiro atoms. The molecule has 0 aromatic heterocycles. The van der Waals surface area contributed by atoms with Crippen molar-refractivity contribution >= 4 is 0 Å². The quantitative estimate of drug-likeness (QED) is 0.835. The molecule has 0 radical (unpaired) electrons. The Bertz CT molecular complexity index is 583. The van der Waals surface area contributed by atoms with Crippen LogP contribution in [0.2, 0.25) is 0 Å². The van der Waals surface area contributed by atoms with E-state index in [0.29, 0.717) is 5.75 Å². The summed E-state index contributed by atoms with van der Waals surface area (Å²) in [5, 5.41) is 13.6. The standard InChI is InChI=1S/C18H23NO2/c1-4-17(16-10-5-6-11-18(16)20)19-13(2)14-8-7-9-15(12-14)21-3/h5-13,17,19-20H,4H2,1-3H3. The summed E-state index contributed by atoms with van der Waals surface area (Å²) in [7, 11) is 1.67. The number of hydrogen-bond donors (Lipinski definition) is 2. The number of benzene rings is 2. The van der Waals surface area contributed by atoms with Crippen LogP contribution < -0.4 is 10.1 Å². The number of nitrogens with one attached hydrogen (secondary N) is 1. The molecule has 2 unspecified atom stereocenters. The second kappa shape index (κ2) is 7.14. The first kappa shape index (κ1) is 15.4. The monoisotopic (exact) mass is 285 g/mol. The number of ether oxygens (including phenoxy) is 1. The highest BCUT2D eigenvalue weighted by atomic mass is 16.5. The summed E-state index contributed by atoms with van der Waals surface area (Å²) in [4.78, 5) is 0. The van der Waals surface area contributed by atoms with E-state index in [1.54, 1.807) is 13.2 Å². The third-order valence-corrected chi connectivity index (χ3v) is 3.77. The Kier molecular flexibility index (Phi) is 5.23. The van der Waals surface area contributed by atoms with Gasteiger partial charge < -0.3 is 15.2 Å². The van der Waals surface area contributed by atoms with Gasteiger partial charge in [0.1, 0.15) is 11.5 Å². The fourth-order valence-electron chi connectivity index (χ4n) is 2.52. The number of rotatable bonds is 6. The van der Waals surface area contributed by atoms with E-state index in [4.69, 9.17) is 4.74 Å². The Hall–Kier alpha value is -2.00. The highest BCUT2D eigenvalue weighted by molar-refractivity contribution is 5.35. The lowest BCUT2D eigenvalue weighted by molar-refractivity contribution is 0.407. The molecule has 3 heteroatoms. The molecule has 2 aromatic rings. The normalized spacial score (nSPS) is 13.7. The Labute approximate surface area is 126 Å². The summed E-state index contributed by atoms with van der Waals surface area (Å²) in [6.07, 6.45) is 0.909. The summed E-state index contributed by atoms with van der Waals surface area (Å²) in [6.45, 7) is 4.24. The molecule has 0 aliphatic carbocycles. The van der Waals surface area contributed by atoms with Gasteiger partial charge in [0.15, 0.2) is 0 Å². The van der Waals surface area contributed by atoms with Gasteiger partial charge in [-0.1, -0.05) is 37.3 Å². The SMILES string of the molecule is CCC(NC(C)c1cccc(OC)c1)c1ccccc1O. The zero-order valence-electron chi connectivity index (χ0n) is 12.8. The Balaban J connectivity index is 2.16. The molecule has 0 bridgehead atoms. The first-order valence-corrected chi connectivity index (χ1v) is 7.33. The zero-order valence-corrected chi connectivity index (χ0v) is 12.8. The van der Waals surface area contributed by atoms with E-state index in [0.717, 1.165) is 17.7 Å². The molecule has 0 fully saturated rings. The number of phenolic OH excluding ortho intramolecular Hbond substituents is 1. The largest absolute Gasteiger partial charge is 0.508 e. The predicted molar refractivity (Wildman–Crippen MR) is 85.7 cm³/mol. The molecule has 2 N–H and O–H groups in total. The summed E-state index contributed by atoms with van der Waals surface area (Å²) in [5.41, 5.74) is 2.11. The first-order valence-electron chi connectivity index (χ1n) is 7.33. The molecule has 2 rings (SSSR count). The number of hydrogen-bond acceptors (Lipinski definition) is 3. The summed E-state index contributed by atoms with van der Waals surface area (Å²) >= 11 is 0. The second-order valence-electron chi connectivity index (χ2n) is 5.18. The molecule has 112 valence electrons. The number of phenols is 1. The third-order valence-electron chi connectivity index (χ3n) is 3.77. The Morgan fingerprint density at radius 1 is 1.14 bits per heavy atom. The van der Waals surface area contributed by atoms with Gasteiger partial charge in [-0.25, -0.2) is 0 Å². The molecular weight excluding hydrogens is 262 g/mol. The minimum absolute atomic E-state index is 0.118. The van der Waals surface area contributed by atoms with Crippen molar-refractivity contribution in [3.8, 4) is 11.5 Å². The molecule has 21 heavy (non-hydrogen) atoms. The molecule has 0 aliphatic heterocycles. The van der Waals surface area contributed by atoms with Gasteiger partial charge in [-0.3, -0.25) is 0 Å². The fraction of sp³-hybridized carbons (Fsp3) is 0.333. The molecule has 0 heterocycles. The maximum atomic E-state index is 10.0. The summed E-state index contributed by atoms with van der Waals surface area (Å²) < 4.78 is 5.27. The zero-order chi connectivity index (χ0) is 15.2. The van der Waals surface area contributed by atoms with Crippen LogP contribution in [0.1, 0.15) is 43.5 Å². The van der Waals surface area contributed by atoms with Crippen LogP contribution in [-0.4, -0.2) is 12.2 Å². The van der Waals surface area contributed by atoms with E-state index >= 15 is 0 Å². The second-order valence-corrected chi connectivity index (χ2v) is 5.18. The van der Waals surface area contributed by atoms with Crippen LogP contribution in [0, 0.1) is 0 Å². The molecule has 0 amide bonds. The van der Waals surface area contributed by atoms with Crippen LogP contribution in [0.25, 0.3) is 0 Å². The van der Waals surface area contributed by atoms with E-state index in [1.165, 1.54) is 5.56 Å². The van der Waals surface area contributed by atoms with E-state index in [9.17, 15) is 5.11 Å². The van der Waals surface area contributed by atoms with E-state index < -0.39 is 0 Å². The number of methoxy groups -OCH3 is 1. The number of aromatic hydroxyl groups is 1. The average molecular weight is 285 g/mol. The van der Waals surface area contributed by atoms with E-state index in [1.807, 2.05) is 36.4 Å². The van der Waals surface area contributed by atoms with Gasteiger partial charge in [0, 0.05) is 17.6 Å². The van der Waals surface area contributed by atoms with Crippen LogP contribution >= 0.6 is 0 Å². The van der Waals surface area contributed by atoms with E-state index in [-0.39, 0.29) is 12.1 Å².